The van der Waals surface area contributed by atoms with Crippen molar-refractivity contribution < 1.29 is 13.5 Å². The van der Waals surface area contributed by atoms with Crippen LogP contribution in [0.15, 0.2) is 47.9 Å². The summed E-state index contributed by atoms with van der Waals surface area (Å²) in [6.45, 7) is 1.04. The predicted octanol–water partition coefficient (Wildman–Crippen LogP) is 1.13. The fraction of sp³-hybridized carbons (Fsp3) is 0.357. The van der Waals surface area contributed by atoms with E-state index >= 15 is 0 Å². The minimum absolute atomic E-state index is 0.172. The maximum Gasteiger partial charge on any atom is 0.240 e. The van der Waals surface area contributed by atoms with Gasteiger partial charge in [-0.25, -0.2) is 18.1 Å². The molecule has 0 bridgehead atoms. The standard InChI is InChI=1S/C14H19N3O3S/c18-11-13-4-3-5-14(10-13)21(19,20)16-6-1-2-8-17-9-7-15-12-17/h3-5,7,9-10,12,16,18H,1-2,6,8,11H2. The van der Waals surface area contributed by atoms with E-state index in [9.17, 15) is 8.42 Å². The fourth-order valence-corrected chi connectivity index (χ4v) is 3.08. The van der Waals surface area contributed by atoms with Gasteiger partial charge in [0.2, 0.25) is 10.0 Å². The number of sulfonamides is 1. The molecule has 7 heteroatoms. The number of unbranched alkanes of at least 4 members (excludes halogenated alkanes) is 1. The summed E-state index contributed by atoms with van der Waals surface area (Å²) in [6, 6.07) is 6.31. The Morgan fingerprint density at radius 2 is 2.14 bits per heavy atom. The number of nitrogens with zero attached hydrogens (tertiary/aromatic N) is 2. The molecule has 1 heterocycles. The van der Waals surface area contributed by atoms with E-state index in [0.717, 1.165) is 19.4 Å². The molecule has 0 radical (unpaired) electrons. The summed E-state index contributed by atoms with van der Waals surface area (Å²) in [5.74, 6) is 0. The average Bonchev–Trinajstić information content (AvgIpc) is 3.00. The number of benzene rings is 1. The summed E-state index contributed by atoms with van der Waals surface area (Å²) in [5.41, 5.74) is 0.581. The highest BCUT2D eigenvalue weighted by Gasteiger charge is 2.13. The maximum absolute atomic E-state index is 12.1. The first-order valence-corrected chi connectivity index (χ1v) is 8.25. The van der Waals surface area contributed by atoms with Gasteiger partial charge in [-0.3, -0.25) is 0 Å². The number of aryl methyl sites for hydroxylation is 1. The lowest BCUT2D eigenvalue weighted by molar-refractivity contribution is 0.281. The van der Waals surface area contributed by atoms with Crippen molar-refractivity contribution in [2.45, 2.75) is 30.9 Å². The molecular weight excluding hydrogens is 290 g/mol. The Bertz CT molecular complexity index is 654. The van der Waals surface area contributed by atoms with Crippen molar-refractivity contribution >= 4 is 10.0 Å². The minimum Gasteiger partial charge on any atom is -0.392 e. The Morgan fingerprint density at radius 3 is 2.86 bits per heavy atom. The molecule has 114 valence electrons. The first kappa shape index (κ1) is 15.7. The van der Waals surface area contributed by atoms with Crippen LogP contribution in [0.25, 0.3) is 0 Å². The number of imidazole rings is 1. The Morgan fingerprint density at radius 1 is 1.29 bits per heavy atom. The summed E-state index contributed by atoms with van der Waals surface area (Å²) >= 11 is 0. The van der Waals surface area contributed by atoms with Crippen molar-refractivity contribution in [3.63, 3.8) is 0 Å². The lowest BCUT2D eigenvalue weighted by atomic mass is 10.2. The molecule has 1 aromatic carbocycles. The van der Waals surface area contributed by atoms with E-state index in [-0.39, 0.29) is 11.5 Å². The molecule has 2 N–H and O–H groups in total. The highest BCUT2D eigenvalue weighted by Crippen LogP contribution is 2.11. The van der Waals surface area contributed by atoms with Crippen LogP contribution in [0.1, 0.15) is 18.4 Å². The van der Waals surface area contributed by atoms with Crippen molar-refractivity contribution in [3.05, 3.63) is 48.5 Å². The smallest absolute Gasteiger partial charge is 0.240 e. The Balaban J connectivity index is 1.80. The van der Waals surface area contributed by atoms with E-state index in [0.29, 0.717) is 12.1 Å². The number of rotatable bonds is 8. The van der Waals surface area contributed by atoms with Crippen LogP contribution in [0, 0.1) is 0 Å². The Kier molecular flexibility index (Phi) is 5.49. The topological polar surface area (TPSA) is 84.2 Å². The van der Waals surface area contributed by atoms with Crippen molar-refractivity contribution in [1.82, 2.24) is 14.3 Å². The Hall–Kier alpha value is -1.70. The van der Waals surface area contributed by atoms with Crippen LogP contribution in [-0.4, -0.2) is 29.6 Å². The van der Waals surface area contributed by atoms with E-state index < -0.39 is 10.0 Å². The van der Waals surface area contributed by atoms with Crippen molar-refractivity contribution in [1.29, 1.82) is 0 Å². The molecule has 2 rings (SSSR count). The second-order valence-corrected chi connectivity index (χ2v) is 6.48. The molecule has 0 aliphatic carbocycles. The van der Waals surface area contributed by atoms with Gasteiger partial charge in [0.15, 0.2) is 0 Å². The van der Waals surface area contributed by atoms with Crippen LogP contribution in [-0.2, 0) is 23.2 Å². The van der Waals surface area contributed by atoms with Crippen LogP contribution < -0.4 is 4.72 Å². The molecule has 2 aromatic rings. The minimum atomic E-state index is -3.51. The molecule has 0 aliphatic heterocycles. The largest absolute Gasteiger partial charge is 0.392 e. The van der Waals surface area contributed by atoms with Crippen LogP contribution in [0.2, 0.25) is 0 Å². The van der Waals surface area contributed by atoms with Crippen molar-refractivity contribution in [2.24, 2.45) is 0 Å². The van der Waals surface area contributed by atoms with Gasteiger partial charge in [0.05, 0.1) is 17.8 Å². The van der Waals surface area contributed by atoms with Gasteiger partial charge < -0.3 is 9.67 Å². The molecular formula is C14H19N3O3S. The van der Waals surface area contributed by atoms with Crippen LogP contribution in [0.4, 0.5) is 0 Å². The van der Waals surface area contributed by atoms with Gasteiger partial charge in [-0.2, -0.15) is 0 Å². The zero-order valence-corrected chi connectivity index (χ0v) is 12.5. The van der Waals surface area contributed by atoms with E-state index in [2.05, 4.69) is 9.71 Å². The maximum atomic E-state index is 12.1. The zero-order chi connectivity index (χ0) is 15.1. The SMILES string of the molecule is O=S(=O)(NCCCCn1ccnc1)c1cccc(CO)c1. The normalized spacial score (nSPS) is 11.7. The van der Waals surface area contributed by atoms with Gasteiger partial charge in [0, 0.05) is 25.5 Å². The summed E-state index contributed by atoms with van der Waals surface area (Å²) in [5, 5.41) is 9.04. The van der Waals surface area contributed by atoms with Gasteiger partial charge in [-0.1, -0.05) is 12.1 Å². The van der Waals surface area contributed by atoms with Gasteiger partial charge >= 0.3 is 0 Å². The zero-order valence-electron chi connectivity index (χ0n) is 11.6. The lowest BCUT2D eigenvalue weighted by Crippen LogP contribution is -2.25. The molecule has 0 unspecified atom stereocenters. The molecule has 0 saturated carbocycles. The summed E-state index contributed by atoms with van der Waals surface area (Å²) in [6.07, 6.45) is 6.96. The molecule has 0 aliphatic rings. The first-order chi connectivity index (χ1) is 10.1. The van der Waals surface area contributed by atoms with Gasteiger partial charge in [0.1, 0.15) is 0 Å². The van der Waals surface area contributed by atoms with Crippen molar-refractivity contribution in [2.75, 3.05) is 6.54 Å². The molecule has 0 amide bonds. The first-order valence-electron chi connectivity index (χ1n) is 6.77. The molecule has 6 nitrogen and oxygen atoms in total. The van der Waals surface area contributed by atoms with Gasteiger partial charge in [-0.15, -0.1) is 0 Å². The van der Waals surface area contributed by atoms with Gasteiger partial charge in [0.25, 0.3) is 0 Å². The number of aliphatic hydroxyl groups is 1. The average molecular weight is 309 g/mol. The Labute approximate surface area is 124 Å². The summed E-state index contributed by atoms with van der Waals surface area (Å²) in [7, 11) is -3.51. The number of aromatic nitrogens is 2. The molecule has 1 aromatic heterocycles. The van der Waals surface area contributed by atoms with Crippen LogP contribution >= 0.6 is 0 Å². The number of hydrogen-bond donors (Lipinski definition) is 2. The van der Waals surface area contributed by atoms with E-state index in [1.165, 1.54) is 12.1 Å². The predicted molar refractivity (Wildman–Crippen MR) is 79.0 cm³/mol. The highest BCUT2D eigenvalue weighted by atomic mass is 32.2. The van der Waals surface area contributed by atoms with Gasteiger partial charge in [-0.05, 0) is 30.5 Å². The molecule has 0 atom stereocenters. The van der Waals surface area contributed by atoms with Crippen LogP contribution in [0.5, 0.6) is 0 Å². The molecule has 0 fully saturated rings. The van der Waals surface area contributed by atoms with E-state index in [4.69, 9.17) is 5.11 Å². The fourth-order valence-electron chi connectivity index (χ4n) is 1.94. The van der Waals surface area contributed by atoms with E-state index in [1.54, 1.807) is 24.7 Å². The summed E-state index contributed by atoms with van der Waals surface area (Å²) in [4.78, 5) is 4.13. The quantitative estimate of drug-likeness (QED) is 0.716. The molecule has 0 saturated heterocycles. The van der Waals surface area contributed by atoms with Crippen LogP contribution in [0.3, 0.4) is 0 Å². The molecule has 21 heavy (non-hydrogen) atoms. The third-order valence-corrected chi connectivity index (χ3v) is 4.54. The lowest BCUT2D eigenvalue weighted by Gasteiger charge is -2.08. The number of aliphatic hydroxyl groups excluding tert-OH is 1. The van der Waals surface area contributed by atoms with Crippen molar-refractivity contribution in [3.8, 4) is 0 Å². The third-order valence-electron chi connectivity index (χ3n) is 3.09. The summed E-state index contributed by atoms with van der Waals surface area (Å²) < 4.78 is 28.7. The van der Waals surface area contributed by atoms with E-state index in [1.807, 2.05) is 10.8 Å². The highest BCUT2D eigenvalue weighted by molar-refractivity contribution is 7.89. The second kappa shape index (κ2) is 7.35. The second-order valence-electron chi connectivity index (χ2n) is 4.71. The molecule has 0 spiro atoms. The monoisotopic (exact) mass is 309 g/mol. The number of nitrogens with one attached hydrogen (secondary N) is 1. The third kappa shape index (κ3) is 4.66. The number of hydrogen-bond acceptors (Lipinski definition) is 4.